The normalized spacial score (nSPS) is 18.5. The van der Waals surface area contributed by atoms with Crippen LogP contribution in [0.2, 0.25) is 0 Å². The lowest BCUT2D eigenvalue weighted by molar-refractivity contribution is -0.146. The number of hydrogen-bond acceptors (Lipinski definition) is 8. The van der Waals surface area contributed by atoms with Crippen LogP contribution in [0.15, 0.2) is 24.7 Å². The number of carbonyl (C=O) groups excluding carboxylic acids is 3. The van der Waals surface area contributed by atoms with Crippen LogP contribution >= 0.6 is 0 Å². The number of amides is 3. The van der Waals surface area contributed by atoms with Crippen molar-refractivity contribution < 1.29 is 19.1 Å². The summed E-state index contributed by atoms with van der Waals surface area (Å²) in [6, 6.07) is 0.971. The van der Waals surface area contributed by atoms with E-state index >= 15 is 0 Å². The minimum Gasteiger partial charge on any atom is -0.480 e. The highest BCUT2D eigenvalue weighted by Gasteiger charge is 2.34. The van der Waals surface area contributed by atoms with Crippen LogP contribution in [0.5, 0.6) is 5.88 Å². The van der Waals surface area contributed by atoms with E-state index in [-0.39, 0.29) is 35.0 Å². The molecule has 3 rings (SSSR count). The lowest BCUT2D eigenvalue weighted by Crippen LogP contribution is -2.46. The van der Waals surface area contributed by atoms with Crippen molar-refractivity contribution in [3.8, 4) is 5.88 Å². The summed E-state index contributed by atoms with van der Waals surface area (Å²) >= 11 is 0. The van der Waals surface area contributed by atoms with Gasteiger partial charge in [-0.2, -0.15) is 0 Å². The Balaban J connectivity index is 1.80. The van der Waals surface area contributed by atoms with E-state index in [2.05, 4.69) is 20.3 Å². The Kier molecular flexibility index (Phi) is 6.09. The summed E-state index contributed by atoms with van der Waals surface area (Å²) in [5, 5.41) is 2.47. The van der Waals surface area contributed by atoms with Gasteiger partial charge in [0.05, 0.1) is 25.0 Å². The first kappa shape index (κ1) is 21.0. The van der Waals surface area contributed by atoms with Crippen molar-refractivity contribution in [2.45, 2.75) is 25.8 Å². The van der Waals surface area contributed by atoms with Gasteiger partial charge in [0, 0.05) is 24.5 Å². The first-order chi connectivity index (χ1) is 14.3. The van der Waals surface area contributed by atoms with Crippen molar-refractivity contribution in [2.24, 2.45) is 11.7 Å². The highest BCUT2D eigenvalue weighted by molar-refractivity contribution is 6.39. The molecule has 1 saturated heterocycles. The maximum absolute atomic E-state index is 13.0. The molecule has 2 aromatic rings. The highest BCUT2D eigenvalue weighted by Crippen LogP contribution is 2.33. The molecule has 2 aromatic heterocycles. The molecule has 0 aromatic carbocycles. The summed E-state index contributed by atoms with van der Waals surface area (Å²) in [5.74, 6) is -1.93. The second-order valence-corrected chi connectivity index (χ2v) is 7.13. The number of ether oxygens (including phenoxy) is 1. The maximum Gasteiger partial charge on any atom is 0.313 e. The maximum atomic E-state index is 13.0. The molecule has 30 heavy (non-hydrogen) atoms. The number of rotatable bonds is 4. The Hall–Kier alpha value is -3.76. The summed E-state index contributed by atoms with van der Waals surface area (Å²) in [6.45, 7) is 2.43. The van der Waals surface area contributed by atoms with Gasteiger partial charge in [-0.1, -0.05) is 6.92 Å². The van der Waals surface area contributed by atoms with Gasteiger partial charge in [0.25, 0.3) is 5.91 Å². The summed E-state index contributed by atoms with van der Waals surface area (Å²) in [7, 11) is 1.34. The van der Waals surface area contributed by atoms with E-state index in [1.165, 1.54) is 24.3 Å². The number of aromatic nitrogens is 3. The monoisotopic (exact) mass is 413 g/mol. The molecule has 0 unspecified atom stereocenters. The molecule has 0 saturated carbocycles. The zero-order valence-electron chi connectivity index (χ0n) is 16.7. The summed E-state index contributed by atoms with van der Waals surface area (Å²) in [6.07, 6.45) is 5.97. The summed E-state index contributed by atoms with van der Waals surface area (Å²) in [4.78, 5) is 50.6. The van der Waals surface area contributed by atoms with Crippen LogP contribution < -0.4 is 21.5 Å². The van der Waals surface area contributed by atoms with Gasteiger partial charge in [0.1, 0.15) is 5.56 Å². The van der Waals surface area contributed by atoms with E-state index in [0.29, 0.717) is 18.5 Å². The van der Waals surface area contributed by atoms with Crippen LogP contribution in [0.4, 0.5) is 11.6 Å². The number of piperidine rings is 1. The predicted octanol–water partition coefficient (Wildman–Crippen LogP) is 0.500. The molecule has 1 aliphatic rings. The van der Waals surface area contributed by atoms with Gasteiger partial charge < -0.3 is 26.4 Å². The number of nitrogens with one attached hydrogen (secondary N) is 1. The lowest BCUT2D eigenvalue weighted by atomic mass is 9.91. The van der Waals surface area contributed by atoms with Gasteiger partial charge >= 0.3 is 11.8 Å². The highest BCUT2D eigenvalue weighted by atomic mass is 16.5. The smallest absolute Gasteiger partial charge is 0.313 e. The van der Waals surface area contributed by atoms with Crippen molar-refractivity contribution in [3.05, 3.63) is 35.8 Å². The standard InChI is InChI=1S/C19H23N7O4/c1-10-3-4-14(11-6-23-19(21)24-7-11)26(9-10)18(29)16(28)25-12-5-13(15(20)27)17(30-2)22-8-12/h5-8,10,14H,3-4,9H2,1-2H3,(H2,20,27)(H,25,28)(H2,21,23,24)/t10-,14+/m0/s1. The molecule has 3 amide bonds. The van der Waals surface area contributed by atoms with E-state index in [0.717, 1.165) is 6.42 Å². The van der Waals surface area contributed by atoms with Crippen LogP contribution in [0.1, 0.15) is 41.7 Å². The Morgan fingerprint density at radius 2 is 1.87 bits per heavy atom. The largest absolute Gasteiger partial charge is 0.480 e. The van der Waals surface area contributed by atoms with Gasteiger partial charge in [0.15, 0.2) is 0 Å². The number of carbonyl (C=O) groups is 3. The Bertz CT molecular complexity index is 964. The van der Waals surface area contributed by atoms with Crippen molar-refractivity contribution in [2.75, 3.05) is 24.7 Å². The fourth-order valence-corrected chi connectivity index (χ4v) is 3.42. The molecule has 0 radical (unpaired) electrons. The van der Waals surface area contributed by atoms with Gasteiger partial charge in [-0.15, -0.1) is 0 Å². The molecule has 0 bridgehead atoms. The number of likely N-dealkylation sites (tertiary alicyclic amines) is 1. The van der Waals surface area contributed by atoms with Crippen molar-refractivity contribution in [3.63, 3.8) is 0 Å². The summed E-state index contributed by atoms with van der Waals surface area (Å²) in [5.41, 5.74) is 11.7. The Morgan fingerprint density at radius 3 is 2.50 bits per heavy atom. The van der Waals surface area contributed by atoms with Crippen molar-refractivity contribution in [1.82, 2.24) is 19.9 Å². The van der Waals surface area contributed by atoms with Crippen LogP contribution in [-0.4, -0.2) is 51.2 Å². The zero-order chi connectivity index (χ0) is 21.8. The number of pyridine rings is 1. The molecule has 158 valence electrons. The number of anilines is 2. The number of nitrogen functional groups attached to an aromatic ring is 1. The van der Waals surface area contributed by atoms with E-state index in [1.807, 2.05) is 6.92 Å². The van der Waals surface area contributed by atoms with Gasteiger partial charge in [-0.3, -0.25) is 14.4 Å². The van der Waals surface area contributed by atoms with Gasteiger partial charge in [-0.05, 0) is 24.8 Å². The topological polar surface area (TPSA) is 166 Å². The molecule has 11 nitrogen and oxygen atoms in total. The molecular formula is C19H23N7O4. The SMILES string of the molecule is COc1ncc(NC(=O)C(=O)N2C[C@@H](C)CC[C@@H]2c2cnc(N)nc2)cc1C(N)=O. The third kappa shape index (κ3) is 4.45. The van der Waals surface area contributed by atoms with E-state index < -0.39 is 17.7 Å². The molecule has 0 aliphatic carbocycles. The average molecular weight is 413 g/mol. The quantitative estimate of drug-likeness (QED) is 0.609. The molecule has 5 N–H and O–H groups in total. The van der Waals surface area contributed by atoms with Crippen molar-refractivity contribution >= 4 is 29.4 Å². The molecule has 0 spiro atoms. The molecule has 1 aliphatic heterocycles. The first-order valence-corrected chi connectivity index (χ1v) is 9.33. The van der Waals surface area contributed by atoms with E-state index in [9.17, 15) is 14.4 Å². The van der Waals surface area contributed by atoms with Gasteiger partial charge in [-0.25, -0.2) is 15.0 Å². The second kappa shape index (κ2) is 8.72. The molecule has 2 atom stereocenters. The van der Waals surface area contributed by atoms with Crippen LogP contribution in [0.25, 0.3) is 0 Å². The average Bonchev–Trinajstić information content (AvgIpc) is 2.73. The van der Waals surface area contributed by atoms with E-state index in [4.69, 9.17) is 16.2 Å². The summed E-state index contributed by atoms with van der Waals surface area (Å²) < 4.78 is 4.97. The molecule has 11 heteroatoms. The predicted molar refractivity (Wildman–Crippen MR) is 107 cm³/mol. The van der Waals surface area contributed by atoms with Crippen LogP contribution in [-0.2, 0) is 9.59 Å². The third-order valence-corrected chi connectivity index (χ3v) is 4.92. The first-order valence-electron chi connectivity index (χ1n) is 9.33. The van der Waals surface area contributed by atoms with Crippen LogP contribution in [0, 0.1) is 5.92 Å². The third-order valence-electron chi connectivity index (χ3n) is 4.92. The molecule has 1 fully saturated rings. The van der Waals surface area contributed by atoms with Crippen LogP contribution in [0.3, 0.4) is 0 Å². The minimum absolute atomic E-state index is 0.00811. The number of hydrogen-bond donors (Lipinski definition) is 3. The molecule has 3 heterocycles. The zero-order valence-corrected chi connectivity index (χ0v) is 16.7. The number of nitrogens with zero attached hydrogens (tertiary/aromatic N) is 4. The molecular weight excluding hydrogens is 390 g/mol. The minimum atomic E-state index is -0.854. The van der Waals surface area contributed by atoms with Crippen molar-refractivity contribution in [1.29, 1.82) is 0 Å². The fourth-order valence-electron chi connectivity index (χ4n) is 3.42. The number of nitrogens with two attached hydrogens (primary N) is 2. The number of methoxy groups -OCH3 is 1. The fraction of sp³-hybridized carbons (Fsp3) is 0.368. The van der Waals surface area contributed by atoms with Gasteiger partial charge in [0.2, 0.25) is 11.8 Å². The lowest BCUT2D eigenvalue weighted by Gasteiger charge is -2.38. The van der Waals surface area contributed by atoms with E-state index in [1.54, 1.807) is 12.4 Å². The Morgan fingerprint density at radius 1 is 1.17 bits per heavy atom. The Labute approximate surface area is 172 Å². The second-order valence-electron chi connectivity index (χ2n) is 7.13. The number of primary amides is 1.